The molecule has 2 rings (SSSR count). The minimum atomic E-state index is -0.0282. The van der Waals surface area contributed by atoms with E-state index in [4.69, 9.17) is 5.11 Å². The van der Waals surface area contributed by atoms with E-state index >= 15 is 0 Å². The molecule has 2 aromatic rings. The Morgan fingerprint density at radius 3 is 3.00 bits per heavy atom. The van der Waals surface area contributed by atoms with Gasteiger partial charge in [-0.2, -0.15) is 5.10 Å². The van der Waals surface area contributed by atoms with Crippen LogP contribution in [0.2, 0.25) is 0 Å². The van der Waals surface area contributed by atoms with E-state index in [-0.39, 0.29) is 6.61 Å². The van der Waals surface area contributed by atoms with Crippen molar-refractivity contribution >= 4 is 22.6 Å². The molecule has 72 valence electrons. The number of halogens is 1. The molecule has 0 spiro atoms. The van der Waals surface area contributed by atoms with Gasteiger partial charge >= 0.3 is 0 Å². The maximum Gasteiger partial charge on any atom is 0.158 e. The maximum absolute atomic E-state index is 9.10. The fourth-order valence-electron chi connectivity index (χ4n) is 1.18. The van der Waals surface area contributed by atoms with Crippen molar-refractivity contribution in [2.24, 2.45) is 0 Å². The van der Waals surface area contributed by atoms with E-state index in [1.165, 1.54) is 0 Å². The lowest BCUT2D eigenvalue weighted by molar-refractivity contribution is 0.281. The highest BCUT2D eigenvalue weighted by molar-refractivity contribution is 14.1. The van der Waals surface area contributed by atoms with Crippen molar-refractivity contribution in [1.29, 1.82) is 0 Å². The summed E-state index contributed by atoms with van der Waals surface area (Å²) < 4.78 is 2.70. The minimum Gasteiger partial charge on any atom is -0.392 e. The number of pyridine rings is 1. The smallest absolute Gasteiger partial charge is 0.158 e. The van der Waals surface area contributed by atoms with Crippen LogP contribution in [0.5, 0.6) is 0 Å². The highest BCUT2D eigenvalue weighted by atomic mass is 127. The SMILES string of the molecule is OCc1cccnc1-n1cc(I)cn1. The molecule has 1 N–H and O–H groups in total. The summed E-state index contributed by atoms with van der Waals surface area (Å²) in [6.07, 6.45) is 5.29. The predicted molar refractivity (Wildman–Crippen MR) is 60.0 cm³/mol. The van der Waals surface area contributed by atoms with E-state index in [0.717, 1.165) is 9.13 Å². The van der Waals surface area contributed by atoms with Gasteiger partial charge in [-0.15, -0.1) is 0 Å². The van der Waals surface area contributed by atoms with Crippen LogP contribution in [0.1, 0.15) is 5.56 Å². The zero-order chi connectivity index (χ0) is 9.97. The first-order valence-electron chi connectivity index (χ1n) is 4.06. The molecule has 0 unspecified atom stereocenters. The Morgan fingerprint density at radius 1 is 1.50 bits per heavy atom. The van der Waals surface area contributed by atoms with Crippen LogP contribution in [0.25, 0.3) is 5.82 Å². The van der Waals surface area contributed by atoms with Gasteiger partial charge in [-0.3, -0.25) is 0 Å². The molecular weight excluding hydrogens is 293 g/mol. The number of hydrogen-bond donors (Lipinski definition) is 1. The molecule has 0 aromatic carbocycles. The zero-order valence-corrected chi connectivity index (χ0v) is 9.42. The number of aromatic nitrogens is 3. The molecule has 0 aliphatic carbocycles. The Labute approximate surface area is 94.7 Å². The van der Waals surface area contributed by atoms with E-state index in [2.05, 4.69) is 32.7 Å². The lowest BCUT2D eigenvalue weighted by Crippen LogP contribution is -2.02. The summed E-state index contributed by atoms with van der Waals surface area (Å²) in [6, 6.07) is 3.63. The van der Waals surface area contributed by atoms with Crippen LogP contribution in [0.4, 0.5) is 0 Å². The summed E-state index contributed by atoms with van der Waals surface area (Å²) in [5.74, 6) is 0.679. The monoisotopic (exact) mass is 301 g/mol. The molecule has 0 saturated carbocycles. The van der Waals surface area contributed by atoms with Crippen LogP contribution in [0.3, 0.4) is 0 Å². The normalized spacial score (nSPS) is 10.4. The number of hydrogen-bond acceptors (Lipinski definition) is 3. The molecule has 0 amide bonds. The summed E-state index contributed by atoms with van der Waals surface area (Å²) in [4.78, 5) is 4.17. The number of rotatable bonds is 2. The third-order valence-electron chi connectivity index (χ3n) is 1.81. The molecule has 0 aliphatic heterocycles. The Bertz CT molecular complexity index is 441. The second-order valence-electron chi connectivity index (χ2n) is 2.75. The molecule has 14 heavy (non-hydrogen) atoms. The summed E-state index contributed by atoms with van der Waals surface area (Å²) in [6.45, 7) is -0.0282. The van der Waals surface area contributed by atoms with Gasteiger partial charge < -0.3 is 5.11 Å². The van der Waals surface area contributed by atoms with Crippen LogP contribution in [0, 0.1) is 3.57 Å². The Hall–Kier alpha value is -0.950. The van der Waals surface area contributed by atoms with Crippen molar-refractivity contribution in [3.05, 3.63) is 39.9 Å². The van der Waals surface area contributed by atoms with E-state index in [1.807, 2.05) is 12.3 Å². The number of nitrogens with zero attached hydrogens (tertiary/aromatic N) is 3. The van der Waals surface area contributed by atoms with Crippen molar-refractivity contribution in [2.75, 3.05) is 0 Å². The third-order valence-corrected chi connectivity index (χ3v) is 2.36. The molecule has 4 nitrogen and oxygen atoms in total. The first-order valence-corrected chi connectivity index (χ1v) is 5.14. The predicted octanol–water partition coefficient (Wildman–Crippen LogP) is 1.36. The molecule has 2 heterocycles. The number of aliphatic hydroxyl groups excluding tert-OH is 1. The fraction of sp³-hybridized carbons (Fsp3) is 0.111. The van der Waals surface area contributed by atoms with Crippen LogP contribution in [-0.4, -0.2) is 19.9 Å². The van der Waals surface area contributed by atoms with Gasteiger partial charge in [-0.05, 0) is 28.7 Å². The van der Waals surface area contributed by atoms with Crippen molar-refractivity contribution in [2.45, 2.75) is 6.61 Å². The van der Waals surface area contributed by atoms with Gasteiger partial charge in [-0.1, -0.05) is 6.07 Å². The fourth-order valence-corrected chi connectivity index (χ4v) is 1.57. The highest BCUT2D eigenvalue weighted by Crippen LogP contribution is 2.12. The van der Waals surface area contributed by atoms with Gasteiger partial charge in [0.05, 0.1) is 16.4 Å². The highest BCUT2D eigenvalue weighted by Gasteiger charge is 2.05. The first kappa shape index (κ1) is 9.60. The lowest BCUT2D eigenvalue weighted by Gasteiger charge is -2.04. The first-order chi connectivity index (χ1) is 6.81. The van der Waals surface area contributed by atoms with Gasteiger partial charge in [0, 0.05) is 18.0 Å². The second-order valence-corrected chi connectivity index (χ2v) is 3.99. The molecule has 0 radical (unpaired) electrons. The Morgan fingerprint density at radius 2 is 2.36 bits per heavy atom. The van der Waals surface area contributed by atoms with Crippen LogP contribution in [0.15, 0.2) is 30.7 Å². The molecule has 0 bridgehead atoms. The number of aliphatic hydroxyl groups is 1. The van der Waals surface area contributed by atoms with Gasteiger partial charge in [0.1, 0.15) is 0 Å². The van der Waals surface area contributed by atoms with Crippen molar-refractivity contribution in [3.8, 4) is 5.82 Å². The molecule has 0 aliphatic rings. The average molecular weight is 301 g/mol. The second kappa shape index (κ2) is 4.05. The van der Waals surface area contributed by atoms with E-state index in [9.17, 15) is 0 Å². The summed E-state index contributed by atoms with van der Waals surface area (Å²) >= 11 is 2.18. The summed E-state index contributed by atoms with van der Waals surface area (Å²) in [5.41, 5.74) is 0.770. The zero-order valence-electron chi connectivity index (χ0n) is 7.26. The molecular formula is C9H8IN3O. The largest absolute Gasteiger partial charge is 0.392 e. The van der Waals surface area contributed by atoms with Crippen LogP contribution < -0.4 is 0 Å². The van der Waals surface area contributed by atoms with E-state index in [1.54, 1.807) is 23.1 Å². The average Bonchev–Trinajstić information content (AvgIpc) is 2.65. The standard InChI is InChI=1S/C9H8IN3O/c10-8-4-12-13(5-8)9-7(6-14)2-1-3-11-9/h1-5,14H,6H2. The van der Waals surface area contributed by atoms with Crippen molar-refractivity contribution in [3.63, 3.8) is 0 Å². The van der Waals surface area contributed by atoms with Gasteiger partial charge in [0.25, 0.3) is 0 Å². The Balaban J connectivity index is 2.50. The van der Waals surface area contributed by atoms with Gasteiger partial charge in [0.15, 0.2) is 5.82 Å². The van der Waals surface area contributed by atoms with E-state index in [0.29, 0.717) is 5.82 Å². The third kappa shape index (κ3) is 1.78. The van der Waals surface area contributed by atoms with Gasteiger partial charge in [0.2, 0.25) is 0 Å². The quantitative estimate of drug-likeness (QED) is 0.852. The molecule has 5 heteroatoms. The van der Waals surface area contributed by atoms with Crippen LogP contribution >= 0.6 is 22.6 Å². The van der Waals surface area contributed by atoms with Crippen molar-refractivity contribution < 1.29 is 5.11 Å². The van der Waals surface area contributed by atoms with E-state index < -0.39 is 0 Å². The van der Waals surface area contributed by atoms with Gasteiger partial charge in [-0.25, -0.2) is 9.67 Å². The van der Waals surface area contributed by atoms with Crippen LogP contribution in [-0.2, 0) is 6.61 Å². The molecule has 0 fully saturated rings. The molecule has 0 saturated heterocycles. The summed E-state index contributed by atoms with van der Waals surface area (Å²) in [7, 11) is 0. The maximum atomic E-state index is 9.10. The lowest BCUT2D eigenvalue weighted by atomic mass is 10.3. The molecule has 0 atom stereocenters. The Kier molecular flexibility index (Phi) is 2.78. The van der Waals surface area contributed by atoms with Crippen molar-refractivity contribution in [1.82, 2.24) is 14.8 Å². The minimum absolute atomic E-state index is 0.0282. The summed E-state index contributed by atoms with van der Waals surface area (Å²) in [5, 5.41) is 13.2. The molecule has 2 aromatic heterocycles. The topological polar surface area (TPSA) is 50.9 Å².